The molecule has 120 valence electrons. The second-order valence-corrected chi connectivity index (χ2v) is 6.80. The number of hydrogen-bond acceptors (Lipinski definition) is 2. The Kier molecular flexibility index (Phi) is 5.22. The number of amides is 1. The Labute approximate surface area is 132 Å². The van der Waals surface area contributed by atoms with Crippen LogP contribution >= 0.6 is 0 Å². The Hall–Kier alpha value is -1.84. The SMILES string of the molecule is CC(C)(CCCc1ccccc1)C(=O)N1CC[C@H](C(=O)O)C1. The molecule has 0 radical (unpaired) electrons. The van der Waals surface area contributed by atoms with Crippen molar-refractivity contribution >= 4 is 11.9 Å². The van der Waals surface area contributed by atoms with Gasteiger partial charge in [-0.2, -0.15) is 0 Å². The van der Waals surface area contributed by atoms with Crippen LogP contribution in [0.4, 0.5) is 0 Å². The number of rotatable bonds is 6. The largest absolute Gasteiger partial charge is 0.481 e. The van der Waals surface area contributed by atoms with Gasteiger partial charge in [-0.15, -0.1) is 0 Å². The van der Waals surface area contributed by atoms with Crippen molar-refractivity contribution in [2.45, 2.75) is 39.5 Å². The molecule has 1 aromatic carbocycles. The summed E-state index contributed by atoms with van der Waals surface area (Å²) in [4.78, 5) is 25.3. The van der Waals surface area contributed by atoms with E-state index < -0.39 is 17.3 Å². The van der Waals surface area contributed by atoms with Gasteiger partial charge in [0.25, 0.3) is 0 Å². The first kappa shape index (κ1) is 16.5. The van der Waals surface area contributed by atoms with Gasteiger partial charge in [0.15, 0.2) is 0 Å². The molecule has 0 spiro atoms. The predicted octanol–water partition coefficient (Wildman–Crippen LogP) is 2.97. The maximum absolute atomic E-state index is 12.6. The molecule has 1 aliphatic heterocycles. The minimum absolute atomic E-state index is 0.0873. The van der Waals surface area contributed by atoms with Gasteiger partial charge in [-0.3, -0.25) is 9.59 Å². The first-order valence-corrected chi connectivity index (χ1v) is 7.96. The molecule has 0 aliphatic carbocycles. The van der Waals surface area contributed by atoms with Crippen molar-refractivity contribution in [2.75, 3.05) is 13.1 Å². The topological polar surface area (TPSA) is 57.6 Å². The molecule has 0 bridgehead atoms. The number of hydrogen-bond donors (Lipinski definition) is 1. The Morgan fingerprint density at radius 2 is 1.95 bits per heavy atom. The van der Waals surface area contributed by atoms with Crippen molar-refractivity contribution in [1.82, 2.24) is 4.90 Å². The highest BCUT2D eigenvalue weighted by Gasteiger charge is 2.37. The van der Waals surface area contributed by atoms with Crippen LogP contribution in [0.5, 0.6) is 0 Å². The second kappa shape index (κ2) is 6.95. The average molecular weight is 303 g/mol. The van der Waals surface area contributed by atoms with E-state index in [-0.39, 0.29) is 5.91 Å². The summed E-state index contributed by atoms with van der Waals surface area (Å²) >= 11 is 0. The molecular formula is C18H25NO3. The van der Waals surface area contributed by atoms with Crippen molar-refractivity contribution in [3.8, 4) is 0 Å². The van der Waals surface area contributed by atoms with E-state index in [0.29, 0.717) is 19.5 Å². The number of likely N-dealkylation sites (tertiary alicyclic amines) is 1. The van der Waals surface area contributed by atoms with E-state index in [9.17, 15) is 9.59 Å². The summed E-state index contributed by atoms with van der Waals surface area (Å²) in [5.41, 5.74) is 0.861. The number of carbonyl (C=O) groups excluding carboxylic acids is 1. The number of carbonyl (C=O) groups is 2. The van der Waals surface area contributed by atoms with E-state index in [1.54, 1.807) is 4.90 Å². The van der Waals surface area contributed by atoms with Crippen molar-refractivity contribution in [2.24, 2.45) is 11.3 Å². The first-order valence-electron chi connectivity index (χ1n) is 7.96. The lowest BCUT2D eigenvalue weighted by atomic mass is 9.85. The Bertz CT molecular complexity index is 524. The van der Waals surface area contributed by atoms with Crippen LogP contribution in [0.25, 0.3) is 0 Å². The van der Waals surface area contributed by atoms with Gasteiger partial charge < -0.3 is 10.0 Å². The van der Waals surface area contributed by atoms with Gasteiger partial charge in [-0.25, -0.2) is 0 Å². The fourth-order valence-corrected chi connectivity index (χ4v) is 3.06. The zero-order chi connectivity index (χ0) is 16.2. The molecule has 1 atom stereocenters. The van der Waals surface area contributed by atoms with Crippen molar-refractivity contribution in [3.63, 3.8) is 0 Å². The lowest BCUT2D eigenvalue weighted by Gasteiger charge is -2.29. The summed E-state index contributed by atoms with van der Waals surface area (Å²) in [6.07, 6.45) is 3.31. The van der Waals surface area contributed by atoms with E-state index >= 15 is 0 Å². The van der Waals surface area contributed by atoms with Gasteiger partial charge in [-0.05, 0) is 31.2 Å². The third kappa shape index (κ3) is 4.09. The van der Waals surface area contributed by atoms with Crippen LogP contribution < -0.4 is 0 Å². The average Bonchev–Trinajstić information content (AvgIpc) is 2.97. The van der Waals surface area contributed by atoms with Crippen LogP contribution in [-0.4, -0.2) is 35.0 Å². The summed E-state index contributed by atoms with van der Waals surface area (Å²) in [5, 5.41) is 9.05. The second-order valence-electron chi connectivity index (χ2n) is 6.80. The molecule has 1 aromatic rings. The standard InChI is InChI=1S/C18H25NO3/c1-18(2,11-6-9-14-7-4-3-5-8-14)17(22)19-12-10-15(13-19)16(20)21/h3-5,7-8,15H,6,9-13H2,1-2H3,(H,20,21)/t15-/m0/s1. The number of aryl methyl sites for hydroxylation is 1. The van der Waals surface area contributed by atoms with Crippen LogP contribution in [0.2, 0.25) is 0 Å². The van der Waals surface area contributed by atoms with Crippen molar-refractivity contribution in [3.05, 3.63) is 35.9 Å². The molecule has 4 heteroatoms. The highest BCUT2D eigenvalue weighted by molar-refractivity contribution is 5.83. The van der Waals surface area contributed by atoms with Crippen LogP contribution in [-0.2, 0) is 16.0 Å². The number of nitrogens with zero attached hydrogens (tertiary/aromatic N) is 1. The van der Waals surface area contributed by atoms with Crippen LogP contribution in [0, 0.1) is 11.3 Å². The van der Waals surface area contributed by atoms with Crippen molar-refractivity contribution < 1.29 is 14.7 Å². The molecular weight excluding hydrogens is 278 g/mol. The van der Waals surface area contributed by atoms with Gasteiger partial charge in [0.05, 0.1) is 5.92 Å². The van der Waals surface area contributed by atoms with Gasteiger partial charge in [0, 0.05) is 18.5 Å². The molecule has 22 heavy (non-hydrogen) atoms. The molecule has 0 aromatic heterocycles. The molecule has 1 fully saturated rings. The Morgan fingerprint density at radius 3 is 2.55 bits per heavy atom. The summed E-state index contributed by atoms with van der Waals surface area (Å²) in [6, 6.07) is 10.3. The van der Waals surface area contributed by atoms with Crippen LogP contribution in [0.15, 0.2) is 30.3 Å². The third-order valence-corrected chi connectivity index (χ3v) is 4.51. The number of aliphatic carboxylic acids is 1. The summed E-state index contributed by atoms with van der Waals surface area (Å²) < 4.78 is 0. The van der Waals surface area contributed by atoms with Gasteiger partial charge in [0.2, 0.25) is 5.91 Å². The highest BCUT2D eigenvalue weighted by atomic mass is 16.4. The lowest BCUT2D eigenvalue weighted by Crippen LogP contribution is -2.40. The molecule has 1 aliphatic rings. The number of carboxylic acids is 1. The molecule has 0 saturated carbocycles. The normalized spacial score (nSPS) is 18.5. The Morgan fingerprint density at radius 1 is 1.27 bits per heavy atom. The van der Waals surface area contributed by atoms with Crippen LogP contribution in [0.1, 0.15) is 38.7 Å². The zero-order valence-corrected chi connectivity index (χ0v) is 13.4. The van der Waals surface area contributed by atoms with Gasteiger partial charge >= 0.3 is 5.97 Å². The molecule has 1 N–H and O–H groups in total. The maximum Gasteiger partial charge on any atom is 0.308 e. The first-order chi connectivity index (χ1) is 10.4. The fraction of sp³-hybridized carbons (Fsp3) is 0.556. The number of benzene rings is 1. The van der Waals surface area contributed by atoms with Crippen LogP contribution in [0.3, 0.4) is 0 Å². The fourth-order valence-electron chi connectivity index (χ4n) is 3.06. The summed E-state index contributed by atoms with van der Waals surface area (Å²) in [6.45, 7) is 4.86. The molecule has 2 rings (SSSR count). The van der Waals surface area contributed by atoms with E-state index in [1.165, 1.54) is 5.56 Å². The smallest absolute Gasteiger partial charge is 0.308 e. The molecule has 1 saturated heterocycles. The molecule has 0 unspecified atom stereocenters. The van der Waals surface area contributed by atoms with E-state index in [4.69, 9.17) is 5.11 Å². The quantitative estimate of drug-likeness (QED) is 0.879. The van der Waals surface area contributed by atoms with E-state index in [0.717, 1.165) is 19.3 Å². The summed E-state index contributed by atoms with van der Waals surface area (Å²) in [7, 11) is 0. The van der Waals surface area contributed by atoms with Gasteiger partial charge in [0.1, 0.15) is 0 Å². The Balaban J connectivity index is 1.84. The highest BCUT2D eigenvalue weighted by Crippen LogP contribution is 2.29. The summed E-state index contributed by atoms with van der Waals surface area (Å²) in [5.74, 6) is -1.11. The molecule has 1 heterocycles. The monoisotopic (exact) mass is 303 g/mol. The third-order valence-electron chi connectivity index (χ3n) is 4.51. The molecule has 4 nitrogen and oxygen atoms in total. The van der Waals surface area contributed by atoms with Crippen molar-refractivity contribution in [1.29, 1.82) is 0 Å². The molecule has 1 amide bonds. The minimum Gasteiger partial charge on any atom is -0.481 e. The zero-order valence-electron chi connectivity index (χ0n) is 13.4. The minimum atomic E-state index is -0.794. The maximum atomic E-state index is 12.6. The predicted molar refractivity (Wildman–Crippen MR) is 85.5 cm³/mol. The number of carboxylic acid groups (broad SMARTS) is 1. The van der Waals surface area contributed by atoms with E-state index in [2.05, 4.69) is 12.1 Å². The lowest BCUT2D eigenvalue weighted by molar-refractivity contribution is -0.142. The van der Waals surface area contributed by atoms with Gasteiger partial charge in [-0.1, -0.05) is 44.2 Å². The van der Waals surface area contributed by atoms with E-state index in [1.807, 2.05) is 32.0 Å².